The lowest BCUT2D eigenvalue weighted by Crippen LogP contribution is -2.01. The SMILES string of the molecule is C#C.C=C/C=C(/c1ccc(C)s1)c1nc(Cc2cc(-c3cncc(NC(=C)C4CC4)c3)ccc2N)[nH]c1C. The summed E-state index contributed by atoms with van der Waals surface area (Å²) in [5.41, 5.74) is 15.3. The largest absolute Gasteiger partial charge is 0.398 e. The van der Waals surface area contributed by atoms with Crippen LogP contribution in [0, 0.1) is 32.6 Å². The van der Waals surface area contributed by atoms with Gasteiger partial charge in [0.1, 0.15) is 5.82 Å². The Labute approximate surface area is 229 Å². The van der Waals surface area contributed by atoms with Gasteiger partial charge in [0.05, 0.1) is 17.6 Å². The molecule has 5 nitrogen and oxygen atoms in total. The minimum atomic E-state index is 0.587. The first-order valence-electron chi connectivity index (χ1n) is 12.5. The van der Waals surface area contributed by atoms with Crippen LogP contribution in [0.5, 0.6) is 0 Å². The summed E-state index contributed by atoms with van der Waals surface area (Å²) in [6.07, 6.45) is 18.6. The second kappa shape index (κ2) is 11.8. The standard InChI is InChI=1S/C30H31N5S.C2H2/c1-5-6-26(28-12-7-18(2)36-28)30-20(4)34-29(35-30)15-23-13-22(10-11-27(23)31)24-14-25(17-32-16-24)33-19(3)21-8-9-21;1-2/h5-7,10-14,16-17,21,33H,1,3,8-9,15,31H2,2,4H3,(H,34,35);1-2H/b26-6-;. The Hall–Kier alpha value is -4.34. The number of hydrogen-bond acceptors (Lipinski definition) is 5. The van der Waals surface area contributed by atoms with Crippen molar-refractivity contribution in [3.05, 3.63) is 112 Å². The molecule has 0 atom stereocenters. The lowest BCUT2D eigenvalue weighted by Gasteiger charge is -2.11. The summed E-state index contributed by atoms with van der Waals surface area (Å²) >= 11 is 1.76. The van der Waals surface area contributed by atoms with E-state index in [-0.39, 0.29) is 0 Å². The number of terminal acetylenes is 1. The molecule has 1 aliphatic carbocycles. The number of rotatable bonds is 9. The van der Waals surface area contributed by atoms with Gasteiger partial charge in [-0.25, -0.2) is 4.98 Å². The van der Waals surface area contributed by atoms with Gasteiger partial charge in [-0.2, -0.15) is 0 Å². The number of nitrogens with one attached hydrogen (secondary N) is 2. The normalized spacial score (nSPS) is 12.9. The Morgan fingerprint density at radius 2 is 1.95 bits per heavy atom. The van der Waals surface area contributed by atoms with E-state index in [1.54, 1.807) is 11.3 Å². The van der Waals surface area contributed by atoms with E-state index < -0.39 is 0 Å². The second-order valence-electron chi connectivity index (χ2n) is 9.36. The van der Waals surface area contributed by atoms with Crippen LogP contribution in [-0.2, 0) is 6.42 Å². The van der Waals surface area contributed by atoms with Crippen molar-refractivity contribution in [2.75, 3.05) is 11.1 Å². The van der Waals surface area contributed by atoms with Crippen molar-refractivity contribution in [1.82, 2.24) is 15.0 Å². The summed E-state index contributed by atoms with van der Waals surface area (Å²) in [5, 5.41) is 3.42. The number of aromatic amines is 1. The van der Waals surface area contributed by atoms with E-state index in [4.69, 9.17) is 10.7 Å². The number of aryl methyl sites for hydroxylation is 2. The molecule has 1 saturated carbocycles. The van der Waals surface area contributed by atoms with Gasteiger partial charge in [0, 0.05) is 50.6 Å². The van der Waals surface area contributed by atoms with Crippen LogP contribution in [0.2, 0.25) is 0 Å². The summed E-state index contributed by atoms with van der Waals surface area (Å²) in [6, 6.07) is 12.5. The maximum atomic E-state index is 6.39. The van der Waals surface area contributed by atoms with Crippen molar-refractivity contribution in [1.29, 1.82) is 0 Å². The molecular formula is C32H33N5S. The van der Waals surface area contributed by atoms with E-state index in [9.17, 15) is 0 Å². The number of hydrogen-bond donors (Lipinski definition) is 3. The van der Waals surface area contributed by atoms with Crippen LogP contribution in [0.3, 0.4) is 0 Å². The molecule has 1 fully saturated rings. The zero-order chi connectivity index (χ0) is 27.2. The molecule has 4 aromatic rings. The van der Waals surface area contributed by atoms with Crippen molar-refractivity contribution < 1.29 is 0 Å². The van der Waals surface area contributed by atoms with Crippen molar-refractivity contribution in [3.63, 3.8) is 0 Å². The third kappa shape index (κ3) is 6.13. The fraction of sp³-hybridized carbons (Fsp3) is 0.188. The average Bonchev–Trinajstić information content (AvgIpc) is 3.59. The first-order valence-corrected chi connectivity index (χ1v) is 13.3. The number of benzene rings is 1. The van der Waals surface area contributed by atoms with E-state index in [0.717, 1.165) is 56.5 Å². The van der Waals surface area contributed by atoms with Gasteiger partial charge >= 0.3 is 0 Å². The first kappa shape index (κ1) is 26.7. The highest BCUT2D eigenvalue weighted by molar-refractivity contribution is 7.13. The minimum Gasteiger partial charge on any atom is -0.398 e. The fourth-order valence-corrected chi connectivity index (χ4v) is 5.24. The van der Waals surface area contributed by atoms with Crippen molar-refractivity contribution in [3.8, 4) is 24.0 Å². The minimum absolute atomic E-state index is 0.587. The van der Waals surface area contributed by atoms with Crippen LogP contribution in [0.1, 0.15) is 45.4 Å². The second-order valence-corrected chi connectivity index (χ2v) is 10.6. The van der Waals surface area contributed by atoms with Crippen LogP contribution < -0.4 is 11.1 Å². The number of thiophene rings is 1. The molecular weight excluding hydrogens is 486 g/mol. The average molecular weight is 520 g/mol. The third-order valence-corrected chi connectivity index (χ3v) is 7.46. The number of nitrogens with two attached hydrogens (primary N) is 1. The molecule has 0 radical (unpaired) electrons. The first-order chi connectivity index (χ1) is 18.4. The fourth-order valence-electron chi connectivity index (χ4n) is 4.35. The van der Waals surface area contributed by atoms with Gasteiger partial charge < -0.3 is 16.0 Å². The highest BCUT2D eigenvalue weighted by atomic mass is 32.1. The number of nitrogen functional groups attached to an aromatic ring is 1. The molecule has 0 aliphatic heterocycles. The van der Waals surface area contributed by atoms with E-state index in [0.29, 0.717) is 12.3 Å². The number of allylic oxidation sites excluding steroid dienone is 3. The third-order valence-electron chi connectivity index (χ3n) is 6.43. The van der Waals surface area contributed by atoms with Gasteiger partial charge in [0.15, 0.2) is 0 Å². The summed E-state index contributed by atoms with van der Waals surface area (Å²) in [7, 11) is 0. The highest BCUT2D eigenvalue weighted by Crippen LogP contribution is 2.36. The summed E-state index contributed by atoms with van der Waals surface area (Å²) < 4.78 is 0. The molecule has 0 amide bonds. The Kier molecular flexibility index (Phi) is 8.30. The lowest BCUT2D eigenvalue weighted by molar-refractivity contribution is 1.02. The molecule has 5 rings (SSSR count). The van der Waals surface area contributed by atoms with Gasteiger partial charge in [0.2, 0.25) is 0 Å². The Morgan fingerprint density at radius 1 is 1.16 bits per heavy atom. The lowest BCUT2D eigenvalue weighted by atomic mass is 10.0. The molecule has 0 bridgehead atoms. The van der Waals surface area contributed by atoms with Crippen LogP contribution in [-0.4, -0.2) is 15.0 Å². The van der Waals surface area contributed by atoms with Crippen LogP contribution in [0.15, 0.2) is 79.8 Å². The van der Waals surface area contributed by atoms with E-state index in [1.165, 1.54) is 22.6 Å². The summed E-state index contributed by atoms with van der Waals surface area (Å²) in [4.78, 5) is 15.3. The monoisotopic (exact) mass is 519 g/mol. The highest BCUT2D eigenvalue weighted by Gasteiger charge is 2.24. The molecule has 0 saturated heterocycles. The maximum Gasteiger partial charge on any atom is 0.111 e. The predicted octanol–water partition coefficient (Wildman–Crippen LogP) is 7.53. The molecule has 38 heavy (non-hydrogen) atoms. The van der Waals surface area contributed by atoms with Crippen molar-refractivity contribution in [2.24, 2.45) is 5.92 Å². The van der Waals surface area contributed by atoms with E-state index in [2.05, 4.69) is 79.4 Å². The zero-order valence-corrected chi connectivity index (χ0v) is 22.7. The smallest absolute Gasteiger partial charge is 0.111 e. The van der Waals surface area contributed by atoms with Crippen LogP contribution >= 0.6 is 11.3 Å². The number of pyridine rings is 1. The quantitative estimate of drug-likeness (QED) is 0.121. The molecule has 0 unspecified atom stereocenters. The van der Waals surface area contributed by atoms with Crippen molar-refractivity contribution in [2.45, 2.75) is 33.1 Å². The van der Waals surface area contributed by atoms with Gasteiger partial charge in [-0.15, -0.1) is 24.2 Å². The molecule has 3 aromatic heterocycles. The molecule has 3 heterocycles. The topological polar surface area (TPSA) is 79.6 Å². The molecule has 4 N–H and O–H groups in total. The van der Waals surface area contributed by atoms with Gasteiger partial charge in [0.25, 0.3) is 0 Å². The number of H-pyrrole nitrogens is 1. The van der Waals surface area contributed by atoms with Crippen LogP contribution in [0.4, 0.5) is 11.4 Å². The van der Waals surface area contributed by atoms with Crippen molar-refractivity contribution >= 4 is 28.3 Å². The number of nitrogens with zero attached hydrogens (tertiary/aromatic N) is 2. The number of imidazole rings is 1. The van der Waals surface area contributed by atoms with E-state index >= 15 is 0 Å². The van der Waals surface area contributed by atoms with Gasteiger partial charge in [-0.05, 0) is 74.1 Å². The number of anilines is 2. The van der Waals surface area contributed by atoms with Gasteiger partial charge in [-0.3, -0.25) is 4.98 Å². The van der Waals surface area contributed by atoms with E-state index in [1.807, 2.05) is 36.7 Å². The Balaban J connectivity index is 0.00000164. The molecule has 1 aromatic carbocycles. The van der Waals surface area contributed by atoms with Gasteiger partial charge in [-0.1, -0.05) is 31.4 Å². The Morgan fingerprint density at radius 3 is 2.63 bits per heavy atom. The zero-order valence-electron chi connectivity index (χ0n) is 21.9. The molecule has 6 heteroatoms. The summed E-state index contributed by atoms with van der Waals surface area (Å²) in [5.74, 6) is 1.47. The summed E-state index contributed by atoms with van der Waals surface area (Å²) in [6.45, 7) is 12.2. The molecule has 1 aliphatic rings. The van der Waals surface area contributed by atoms with Crippen LogP contribution in [0.25, 0.3) is 16.7 Å². The molecule has 192 valence electrons. The number of aromatic nitrogens is 3. The Bertz CT molecular complexity index is 1510. The molecule has 0 spiro atoms. The predicted molar refractivity (Wildman–Crippen MR) is 162 cm³/mol. The maximum absolute atomic E-state index is 6.39.